The van der Waals surface area contributed by atoms with E-state index in [2.05, 4.69) is 22.5 Å². The SMILES string of the molecule is CCCCNC(=O)CN1CC2CNCC2C1. The molecule has 2 atom stereocenters. The highest BCUT2D eigenvalue weighted by Gasteiger charge is 2.36. The van der Waals surface area contributed by atoms with E-state index in [9.17, 15) is 4.79 Å². The van der Waals surface area contributed by atoms with Gasteiger partial charge in [0, 0.05) is 19.6 Å². The second kappa shape index (κ2) is 5.64. The smallest absolute Gasteiger partial charge is 0.234 e. The van der Waals surface area contributed by atoms with E-state index >= 15 is 0 Å². The summed E-state index contributed by atoms with van der Waals surface area (Å²) in [5, 5.41) is 6.39. The van der Waals surface area contributed by atoms with E-state index in [1.807, 2.05) is 0 Å². The van der Waals surface area contributed by atoms with Gasteiger partial charge in [-0.2, -0.15) is 0 Å². The van der Waals surface area contributed by atoms with Crippen molar-refractivity contribution in [2.75, 3.05) is 39.3 Å². The van der Waals surface area contributed by atoms with Gasteiger partial charge in [-0.3, -0.25) is 9.69 Å². The van der Waals surface area contributed by atoms with Crippen molar-refractivity contribution in [1.29, 1.82) is 0 Å². The fourth-order valence-corrected chi connectivity index (χ4v) is 2.75. The number of nitrogens with one attached hydrogen (secondary N) is 2. The van der Waals surface area contributed by atoms with Crippen molar-refractivity contribution >= 4 is 5.91 Å². The normalized spacial score (nSPS) is 29.3. The van der Waals surface area contributed by atoms with Crippen molar-refractivity contribution in [2.45, 2.75) is 19.8 Å². The summed E-state index contributed by atoms with van der Waals surface area (Å²) in [7, 11) is 0. The molecule has 0 spiro atoms. The Morgan fingerprint density at radius 2 is 2.06 bits per heavy atom. The minimum atomic E-state index is 0.196. The topological polar surface area (TPSA) is 44.4 Å². The Bertz CT molecular complexity index is 232. The van der Waals surface area contributed by atoms with Crippen LogP contribution in [0.3, 0.4) is 0 Å². The molecule has 2 N–H and O–H groups in total. The van der Waals surface area contributed by atoms with Crippen LogP contribution in [0.15, 0.2) is 0 Å². The van der Waals surface area contributed by atoms with Gasteiger partial charge in [-0.05, 0) is 31.3 Å². The summed E-state index contributed by atoms with van der Waals surface area (Å²) in [5.74, 6) is 1.76. The van der Waals surface area contributed by atoms with Gasteiger partial charge in [0.1, 0.15) is 0 Å². The lowest BCUT2D eigenvalue weighted by atomic mass is 10.0. The fraction of sp³-hybridized carbons (Fsp3) is 0.917. The van der Waals surface area contributed by atoms with E-state index in [4.69, 9.17) is 0 Å². The molecule has 0 aromatic carbocycles. The zero-order chi connectivity index (χ0) is 11.4. The summed E-state index contributed by atoms with van der Waals surface area (Å²) >= 11 is 0. The average molecular weight is 225 g/mol. The lowest BCUT2D eigenvalue weighted by Crippen LogP contribution is -2.37. The Balaban J connectivity index is 1.65. The van der Waals surface area contributed by atoms with Crippen LogP contribution >= 0.6 is 0 Å². The Morgan fingerprint density at radius 1 is 1.38 bits per heavy atom. The highest BCUT2D eigenvalue weighted by atomic mass is 16.2. The largest absolute Gasteiger partial charge is 0.355 e. The molecular formula is C12H23N3O. The molecule has 2 rings (SSSR count). The van der Waals surface area contributed by atoms with Gasteiger partial charge in [-0.1, -0.05) is 13.3 Å². The first kappa shape index (κ1) is 11.9. The van der Waals surface area contributed by atoms with Crippen LogP contribution in [0, 0.1) is 11.8 Å². The summed E-state index contributed by atoms with van der Waals surface area (Å²) in [5.41, 5.74) is 0. The molecule has 2 unspecified atom stereocenters. The Kier molecular flexibility index (Phi) is 4.18. The molecule has 0 radical (unpaired) electrons. The molecule has 2 fully saturated rings. The molecule has 0 saturated carbocycles. The summed E-state index contributed by atoms with van der Waals surface area (Å²) in [6, 6.07) is 0. The third-order valence-corrected chi connectivity index (χ3v) is 3.68. The van der Waals surface area contributed by atoms with Gasteiger partial charge in [-0.25, -0.2) is 0 Å². The van der Waals surface area contributed by atoms with Crippen LogP contribution in [-0.4, -0.2) is 50.1 Å². The number of carbonyl (C=O) groups is 1. The van der Waals surface area contributed by atoms with Crippen LogP contribution in [-0.2, 0) is 4.79 Å². The fourth-order valence-electron chi connectivity index (χ4n) is 2.75. The van der Waals surface area contributed by atoms with Gasteiger partial charge in [0.25, 0.3) is 0 Å². The number of unbranched alkanes of at least 4 members (excludes halogenated alkanes) is 1. The molecule has 2 aliphatic rings. The number of fused-ring (bicyclic) bond motifs is 1. The van der Waals surface area contributed by atoms with Crippen LogP contribution in [0.4, 0.5) is 0 Å². The van der Waals surface area contributed by atoms with Gasteiger partial charge in [-0.15, -0.1) is 0 Å². The molecule has 4 nitrogen and oxygen atoms in total. The van der Waals surface area contributed by atoms with Gasteiger partial charge in [0.15, 0.2) is 0 Å². The van der Waals surface area contributed by atoms with Gasteiger partial charge in [0.2, 0.25) is 5.91 Å². The van der Waals surface area contributed by atoms with Gasteiger partial charge >= 0.3 is 0 Å². The Hall–Kier alpha value is -0.610. The maximum atomic E-state index is 11.6. The van der Waals surface area contributed by atoms with E-state index in [1.54, 1.807) is 0 Å². The minimum absolute atomic E-state index is 0.196. The molecule has 0 aliphatic carbocycles. The lowest BCUT2D eigenvalue weighted by Gasteiger charge is -2.16. The van der Waals surface area contributed by atoms with Crippen molar-refractivity contribution in [2.24, 2.45) is 11.8 Å². The minimum Gasteiger partial charge on any atom is -0.355 e. The van der Waals surface area contributed by atoms with Crippen LogP contribution in [0.2, 0.25) is 0 Å². The maximum absolute atomic E-state index is 11.6. The third-order valence-electron chi connectivity index (χ3n) is 3.68. The zero-order valence-corrected chi connectivity index (χ0v) is 10.2. The van der Waals surface area contributed by atoms with E-state index < -0.39 is 0 Å². The first-order chi connectivity index (χ1) is 7.79. The molecule has 4 heteroatoms. The molecule has 0 aromatic heterocycles. The first-order valence-corrected chi connectivity index (χ1v) is 6.49. The predicted octanol–water partition coefficient (Wildman–Crippen LogP) is 0.0539. The van der Waals surface area contributed by atoms with Crippen molar-refractivity contribution < 1.29 is 4.79 Å². The number of likely N-dealkylation sites (tertiary alicyclic amines) is 1. The van der Waals surface area contributed by atoms with Gasteiger partial charge < -0.3 is 10.6 Å². The molecule has 2 saturated heterocycles. The number of rotatable bonds is 5. The molecule has 1 amide bonds. The number of hydrogen-bond donors (Lipinski definition) is 2. The number of hydrogen-bond acceptors (Lipinski definition) is 3. The summed E-state index contributed by atoms with van der Waals surface area (Å²) < 4.78 is 0. The second-order valence-corrected chi connectivity index (χ2v) is 5.08. The van der Waals surface area contributed by atoms with Crippen molar-refractivity contribution in [3.05, 3.63) is 0 Å². The van der Waals surface area contributed by atoms with Crippen molar-refractivity contribution in [3.8, 4) is 0 Å². The maximum Gasteiger partial charge on any atom is 0.234 e. The molecular weight excluding hydrogens is 202 g/mol. The van der Waals surface area contributed by atoms with E-state index in [-0.39, 0.29) is 5.91 Å². The van der Waals surface area contributed by atoms with Crippen molar-refractivity contribution in [3.63, 3.8) is 0 Å². The molecule has 2 heterocycles. The summed E-state index contributed by atoms with van der Waals surface area (Å²) in [4.78, 5) is 13.9. The standard InChI is InChI=1S/C12H23N3O/c1-2-3-4-14-12(16)9-15-7-10-5-13-6-11(10)8-15/h10-11,13H,2-9H2,1H3,(H,14,16). The lowest BCUT2D eigenvalue weighted by molar-refractivity contribution is -0.122. The van der Waals surface area contributed by atoms with Crippen LogP contribution in [0.5, 0.6) is 0 Å². The monoisotopic (exact) mass is 225 g/mol. The van der Waals surface area contributed by atoms with Crippen molar-refractivity contribution in [1.82, 2.24) is 15.5 Å². The number of nitrogens with zero attached hydrogens (tertiary/aromatic N) is 1. The zero-order valence-electron chi connectivity index (χ0n) is 10.2. The quantitative estimate of drug-likeness (QED) is 0.650. The molecule has 0 bridgehead atoms. The van der Waals surface area contributed by atoms with Crippen LogP contribution in [0.1, 0.15) is 19.8 Å². The summed E-state index contributed by atoms with van der Waals surface area (Å²) in [6.45, 7) is 8.03. The third kappa shape index (κ3) is 2.95. The van der Waals surface area contributed by atoms with Crippen LogP contribution in [0.25, 0.3) is 0 Å². The van der Waals surface area contributed by atoms with E-state index in [0.29, 0.717) is 6.54 Å². The predicted molar refractivity (Wildman–Crippen MR) is 64.2 cm³/mol. The number of carbonyl (C=O) groups excluding carboxylic acids is 1. The first-order valence-electron chi connectivity index (χ1n) is 6.49. The molecule has 2 aliphatic heterocycles. The van der Waals surface area contributed by atoms with Gasteiger partial charge in [0.05, 0.1) is 6.54 Å². The Morgan fingerprint density at radius 3 is 2.69 bits per heavy atom. The molecule has 0 aromatic rings. The average Bonchev–Trinajstić information content (AvgIpc) is 2.78. The summed E-state index contributed by atoms with van der Waals surface area (Å²) in [6.07, 6.45) is 2.22. The highest BCUT2D eigenvalue weighted by molar-refractivity contribution is 5.78. The highest BCUT2D eigenvalue weighted by Crippen LogP contribution is 2.25. The number of amides is 1. The molecule has 16 heavy (non-hydrogen) atoms. The van der Waals surface area contributed by atoms with E-state index in [1.165, 1.54) is 0 Å². The van der Waals surface area contributed by atoms with Crippen LogP contribution < -0.4 is 10.6 Å². The second-order valence-electron chi connectivity index (χ2n) is 5.08. The Labute approximate surface area is 97.8 Å². The van der Waals surface area contributed by atoms with E-state index in [0.717, 1.165) is 57.4 Å². The molecule has 92 valence electrons.